The van der Waals surface area contributed by atoms with Gasteiger partial charge in [0.2, 0.25) is 0 Å². The molecule has 0 spiro atoms. The van der Waals surface area contributed by atoms with Crippen LogP contribution in [0.5, 0.6) is 5.75 Å². The number of nitrogens with zero attached hydrogens (tertiary/aromatic N) is 1. The van der Waals surface area contributed by atoms with Gasteiger partial charge in [0.1, 0.15) is 0 Å². The van der Waals surface area contributed by atoms with Gasteiger partial charge in [0, 0.05) is 34.4 Å². The molecule has 0 aliphatic heterocycles. The Morgan fingerprint density at radius 3 is 2.86 bits per heavy atom. The Kier molecular flexibility index (Phi) is 3.70. The first-order valence-electron chi connectivity index (χ1n) is 6.66. The highest BCUT2D eigenvalue weighted by molar-refractivity contribution is 6.09. The molecule has 0 aliphatic rings. The maximum absolute atomic E-state index is 13.7. The number of amides is 1. The Balaban J connectivity index is 1.92. The second-order valence-electron chi connectivity index (χ2n) is 4.71. The van der Waals surface area contributed by atoms with E-state index < -0.39 is 5.82 Å². The molecule has 2 aromatic carbocycles. The zero-order valence-electron chi connectivity index (χ0n) is 11.8. The molecule has 1 amide bonds. The van der Waals surface area contributed by atoms with Gasteiger partial charge in [0.25, 0.3) is 5.91 Å². The van der Waals surface area contributed by atoms with Crippen molar-refractivity contribution in [3.05, 3.63) is 66.2 Å². The molecule has 1 heterocycles. The largest absolute Gasteiger partial charge is 0.494 e. The van der Waals surface area contributed by atoms with Crippen LogP contribution in [0.3, 0.4) is 0 Å². The lowest BCUT2D eigenvalue weighted by molar-refractivity contribution is 0.102. The second-order valence-corrected chi connectivity index (χ2v) is 4.71. The fraction of sp³-hybridized carbons (Fsp3) is 0.0588. The summed E-state index contributed by atoms with van der Waals surface area (Å²) in [6, 6.07) is 11.4. The maximum Gasteiger partial charge on any atom is 0.255 e. The third kappa shape index (κ3) is 2.61. The topological polar surface area (TPSA) is 51.2 Å². The third-order valence-electron chi connectivity index (χ3n) is 3.34. The number of carbonyl (C=O) groups excluding carboxylic acids is 1. The van der Waals surface area contributed by atoms with E-state index in [1.807, 2.05) is 18.2 Å². The van der Waals surface area contributed by atoms with Crippen LogP contribution < -0.4 is 10.1 Å². The number of carbonyl (C=O) groups is 1. The second kappa shape index (κ2) is 5.81. The number of anilines is 1. The molecule has 22 heavy (non-hydrogen) atoms. The van der Waals surface area contributed by atoms with E-state index in [1.165, 1.54) is 19.2 Å². The van der Waals surface area contributed by atoms with Gasteiger partial charge in [-0.2, -0.15) is 0 Å². The molecule has 0 aliphatic carbocycles. The summed E-state index contributed by atoms with van der Waals surface area (Å²) in [7, 11) is 1.38. The normalized spacial score (nSPS) is 10.5. The Morgan fingerprint density at radius 2 is 2.09 bits per heavy atom. The number of pyridine rings is 1. The van der Waals surface area contributed by atoms with Crippen LogP contribution in [-0.2, 0) is 0 Å². The van der Waals surface area contributed by atoms with Gasteiger partial charge < -0.3 is 10.1 Å². The first kappa shape index (κ1) is 14.0. The molecule has 0 unspecified atom stereocenters. The number of hydrogen-bond donors (Lipinski definition) is 1. The van der Waals surface area contributed by atoms with Gasteiger partial charge in [-0.15, -0.1) is 0 Å². The predicted molar refractivity (Wildman–Crippen MR) is 82.6 cm³/mol. The highest BCUT2D eigenvalue weighted by Crippen LogP contribution is 2.23. The van der Waals surface area contributed by atoms with Gasteiger partial charge in [-0.25, -0.2) is 4.39 Å². The fourth-order valence-corrected chi connectivity index (χ4v) is 2.23. The molecule has 0 atom stereocenters. The van der Waals surface area contributed by atoms with E-state index in [4.69, 9.17) is 4.74 Å². The van der Waals surface area contributed by atoms with Gasteiger partial charge in [-0.05, 0) is 30.3 Å². The molecule has 0 saturated heterocycles. The zero-order valence-corrected chi connectivity index (χ0v) is 11.8. The van der Waals surface area contributed by atoms with Gasteiger partial charge >= 0.3 is 0 Å². The molecule has 5 heteroatoms. The van der Waals surface area contributed by atoms with Crippen molar-refractivity contribution in [3.63, 3.8) is 0 Å². The Bertz CT molecular complexity index is 844. The van der Waals surface area contributed by atoms with E-state index >= 15 is 0 Å². The van der Waals surface area contributed by atoms with Gasteiger partial charge in [0.05, 0.1) is 7.11 Å². The number of nitrogens with one attached hydrogen (secondary N) is 1. The Morgan fingerprint density at radius 1 is 1.23 bits per heavy atom. The van der Waals surface area contributed by atoms with Crippen molar-refractivity contribution in [1.29, 1.82) is 0 Å². The number of rotatable bonds is 3. The summed E-state index contributed by atoms with van der Waals surface area (Å²) in [5.41, 5.74) is 0.880. The fourth-order valence-electron chi connectivity index (χ4n) is 2.23. The highest BCUT2D eigenvalue weighted by atomic mass is 19.1. The Labute approximate surface area is 126 Å². The molecular formula is C17H13FN2O2. The van der Waals surface area contributed by atoms with Crippen LogP contribution in [0.2, 0.25) is 0 Å². The number of methoxy groups -OCH3 is 1. The molecule has 3 aromatic rings. The van der Waals surface area contributed by atoms with E-state index in [-0.39, 0.29) is 17.2 Å². The van der Waals surface area contributed by atoms with Crippen molar-refractivity contribution in [2.75, 3.05) is 12.4 Å². The van der Waals surface area contributed by atoms with Crippen LogP contribution in [0, 0.1) is 5.82 Å². The quantitative estimate of drug-likeness (QED) is 0.803. The van der Waals surface area contributed by atoms with Crippen molar-refractivity contribution in [1.82, 2.24) is 4.98 Å². The molecule has 0 bridgehead atoms. The van der Waals surface area contributed by atoms with E-state index in [2.05, 4.69) is 10.3 Å². The summed E-state index contributed by atoms with van der Waals surface area (Å²) in [6.45, 7) is 0. The highest BCUT2D eigenvalue weighted by Gasteiger charge is 2.11. The number of aromatic nitrogens is 1. The number of benzene rings is 2. The average Bonchev–Trinajstić information content (AvgIpc) is 2.55. The minimum Gasteiger partial charge on any atom is -0.494 e. The van der Waals surface area contributed by atoms with Crippen LogP contribution in [0.1, 0.15) is 10.4 Å². The smallest absolute Gasteiger partial charge is 0.255 e. The summed E-state index contributed by atoms with van der Waals surface area (Å²) in [5, 5.41) is 4.58. The van der Waals surface area contributed by atoms with Gasteiger partial charge in [-0.3, -0.25) is 9.78 Å². The molecule has 1 N–H and O–H groups in total. The molecule has 0 saturated carbocycles. The number of ether oxygens (including phenoxy) is 1. The van der Waals surface area contributed by atoms with Crippen LogP contribution in [0.4, 0.5) is 10.1 Å². The molecular weight excluding hydrogens is 283 g/mol. The maximum atomic E-state index is 13.7. The summed E-state index contributed by atoms with van der Waals surface area (Å²) >= 11 is 0. The SMILES string of the molecule is COc1ccc(C(=O)Nc2cccc3cnccc23)cc1F. The minimum atomic E-state index is -0.572. The monoisotopic (exact) mass is 296 g/mol. The lowest BCUT2D eigenvalue weighted by Crippen LogP contribution is -2.12. The first-order chi connectivity index (χ1) is 10.7. The van der Waals surface area contributed by atoms with E-state index in [9.17, 15) is 9.18 Å². The standard InChI is InChI=1S/C17H13FN2O2/c1-22-16-6-5-11(9-14(16)18)17(21)20-15-4-2-3-12-10-19-8-7-13(12)15/h2-10H,1H3,(H,20,21). The van der Waals surface area contributed by atoms with E-state index in [0.717, 1.165) is 16.8 Å². The zero-order chi connectivity index (χ0) is 15.5. The third-order valence-corrected chi connectivity index (χ3v) is 3.34. The lowest BCUT2D eigenvalue weighted by atomic mass is 10.1. The Hall–Kier alpha value is -2.95. The lowest BCUT2D eigenvalue weighted by Gasteiger charge is -2.09. The van der Waals surface area contributed by atoms with Gasteiger partial charge in [0.15, 0.2) is 11.6 Å². The number of halogens is 1. The summed E-state index contributed by atoms with van der Waals surface area (Å²) < 4.78 is 18.5. The number of hydrogen-bond acceptors (Lipinski definition) is 3. The van der Waals surface area contributed by atoms with Crippen LogP contribution in [0.15, 0.2) is 54.9 Å². The molecule has 4 nitrogen and oxygen atoms in total. The minimum absolute atomic E-state index is 0.104. The molecule has 0 radical (unpaired) electrons. The number of fused-ring (bicyclic) bond motifs is 1. The van der Waals surface area contributed by atoms with E-state index in [0.29, 0.717) is 5.69 Å². The first-order valence-corrected chi connectivity index (χ1v) is 6.66. The predicted octanol–water partition coefficient (Wildman–Crippen LogP) is 3.63. The van der Waals surface area contributed by atoms with Crippen molar-refractivity contribution < 1.29 is 13.9 Å². The molecule has 1 aromatic heterocycles. The van der Waals surface area contributed by atoms with Crippen molar-refractivity contribution in [3.8, 4) is 5.75 Å². The molecule has 110 valence electrons. The van der Waals surface area contributed by atoms with Gasteiger partial charge in [-0.1, -0.05) is 12.1 Å². The molecule has 0 fully saturated rings. The summed E-state index contributed by atoms with van der Waals surface area (Å²) in [5.74, 6) is -0.851. The summed E-state index contributed by atoms with van der Waals surface area (Å²) in [6.07, 6.45) is 3.38. The van der Waals surface area contributed by atoms with Crippen molar-refractivity contribution >= 4 is 22.4 Å². The van der Waals surface area contributed by atoms with Crippen molar-refractivity contribution in [2.24, 2.45) is 0 Å². The molecule has 3 rings (SSSR count). The average molecular weight is 296 g/mol. The van der Waals surface area contributed by atoms with Crippen molar-refractivity contribution in [2.45, 2.75) is 0 Å². The van der Waals surface area contributed by atoms with Crippen LogP contribution >= 0.6 is 0 Å². The van der Waals surface area contributed by atoms with Crippen LogP contribution in [0.25, 0.3) is 10.8 Å². The summed E-state index contributed by atoms with van der Waals surface area (Å²) in [4.78, 5) is 16.3. The van der Waals surface area contributed by atoms with Crippen LogP contribution in [-0.4, -0.2) is 18.0 Å². The van der Waals surface area contributed by atoms with E-state index in [1.54, 1.807) is 18.5 Å².